The Morgan fingerprint density at radius 1 is 0.720 bits per heavy atom. The summed E-state index contributed by atoms with van der Waals surface area (Å²) in [4.78, 5) is 0. The summed E-state index contributed by atoms with van der Waals surface area (Å²) < 4.78 is 8.48. The number of aromatic nitrogens is 1. The Hall–Kier alpha value is -2.74. The third-order valence-corrected chi connectivity index (χ3v) is 5.37. The van der Waals surface area contributed by atoms with Crippen LogP contribution in [-0.4, -0.2) is 4.57 Å². The van der Waals surface area contributed by atoms with Gasteiger partial charge in [0.15, 0.2) is 0 Å². The van der Waals surface area contributed by atoms with Crippen LogP contribution in [0.2, 0.25) is 0 Å². The van der Waals surface area contributed by atoms with Crippen LogP contribution in [0, 0.1) is 0 Å². The molecule has 0 amide bonds. The predicted molar refractivity (Wildman–Crippen MR) is 106 cm³/mol. The second kappa shape index (κ2) is 4.66. The van der Waals surface area contributed by atoms with Gasteiger partial charge in [0.25, 0.3) is 0 Å². The van der Waals surface area contributed by atoms with E-state index in [2.05, 4.69) is 87.0 Å². The number of hydrogen-bond donors (Lipinski definition) is 0. The molecular weight excluding hydrogens is 306 g/mol. The minimum absolute atomic E-state index is 0.119. The molecule has 0 aliphatic heterocycles. The van der Waals surface area contributed by atoms with Crippen molar-refractivity contribution in [2.75, 3.05) is 0 Å². The number of furan rings is 1. The van der Waals surface area contributed by atoms with Gasteiger partial charge in [-0.2, -0.15) is 0 Å². The van der Waals surface area contributed by atoms with Gasteiger partial charge in [0, 0.05) is 40.2 Å². The fraction of sp³-hybridized carbons (Fsp3) is 0.217. The summed E-state index contributed by atoms with van der Waals surface area (Å²) in [6.07, 6.45) is 0. The van der Waals surface area contributed by atoms with Crippen molar-refractivity contribution in [2.24, 2.45) is 7.05 Å². The van der Waals surface area contributed by atoms with E-state index in [9.17, 15) is 0 Å². The molecule has 0 fully saturated rings. The third-order valence-electron chi connectivity index (χ3n) is 5.37. The van der Waals surface area contributed by atoms with Gasteiger partial charge < -0.3 is 8.98 Å². The van der Waals surface area contributed by atoms with Crippen molar-refractivity contribution < 1.29 is 4.42 Å². The van der Waals surface area contributed by atoms with Crippen molar-refractivity contribution >= 4 is 43.7 Å². The van der Waals surface area contributed by atoms with Crippen LogP contribution >= 0.6 is 0 Å². The second-order valence-corrected chi connectivity index (χ2v) is 8.00. The van der Waals surface area contributed by atoms with E-state index in [-0.39, 0.29) is 5.41 Å². The van der Waals surface area contributed by atoms with Gasteiger partial charge in [0.1, 0.15) is 11.2 Å². The molecule has 0 spiro atoms. The monoisotopic (exact) mass is 327 g/mol. The van der Waals surface area contributed by atoms with Crippen molar-refractivity contribution in [2.45, 2.75) is 26.2 Å². The number of para-hydroxylation sites is 1. The van der Waals surface area contributed by atoms with Crippen LogP contribution < -0.4 is 0 Å². The molecule has 5 rings (SSSR count). The lowest BCUT2D eigenvalue weighted by Gasteiger charge is -2.18. The van der Waals surface area contributed by atoms with Crippen LogP contribution in [0.5, 0.6) is 0 Å². The van der Waals surface area contributed by atoms with E-state index in [4.69, 9.17) is 4.42 Å². The fourth-order valence-corrected chi connectivity index (χ4v) is 3.90. The first-order valence-electron chi connectivity index (χ1n) is 8.77. The molecular formula is C23H21NO. The SMILES string of the molecule is Cn1c2ccccc2c2cc3c(cc21)oc1cc(C(C)(C)C)ccc13. The highest BCUT2D eigenvalue weighted by atomic mass is 16.3. The molecule has 3 aromatic carbocycles. The summed E-state index contributed by atoms with van der Waals surface area (Å²) in [7, 11) is 2.12. The first-order chi connectivity index (χ1) is 11.9. The van der Waals surface area contributed by atoms with Crippen molar-refractivity contribution in [1.29, 1.82) is 0 Å². The number of fused-ring (bicyclic) bond motifs is 6. The lowest BCUT2D eigenvalue weighted by molar-refractivity contribution is 0.587. The molecule has 0 atom stereocenters. The summed E-state index contributed by atoms with van der Waals surface area (Å²) in [5.74, 6) is 0. The molecule has 2 aromatic heterocycles. The lowest BCUT2D eigenvalue weighted by Crippen LogP contribution is -2.10. The molecule has 0 bridgehead atoms. The summed E-state index contributed by atoms with van der Waals surface area (Å²) >= 11 is 0. The Kier molecular flexibility index (Phi) is 2.72. The van der Waals surface area contributed by atoms with Gasteiger partial charge in [-0.05, 0) is 29.2 Å². The lowest BCUT2D eigenvalue weighted by atomic mass is 9.87. The maximum absolute atomic E-state index is 6.23. The Bertz CT molecular complexity index is 1280. The van der Waals surface area contributed by atoms with Gasteiger partial charge in [0.05, 0.1) is 5.52 Å². The zero-order valence-electron chi connectivity index (χ0n) is 15.1. The molecule has 0 radical (unpaired) electrons. The van der Waals surface area contributed by atoms with Crippen LogP contribution in [0.25, 0.3) is 43.7 Å². The number of hydrogen-bond acceptors (Lipinski definition) is 1. The van der Waals surface area contributed by atoms with E-state index in [0.29, 0.717) is 0 Å². The van der Waals surface area contributed by atoms with E-state index in [1.54, 1.807) is 0 Å². The number of rotatable bonds is 0. The molecule has 0 N–H and O–H groups in total. The zero-order valence-corrected chi connectivity index (χ0v) is 15.1. The van der Waals surface area contributed by atoms with Gasteiger partial charge >= 0.3 is 0 Å². The quantitative estimate of drug-likeness (QED) is 0.316. The van der Waals surface area contributed by atoms with Gasteiger partial charge in [-0.1, -0.05) is 51.1 Å². The number of aryl methyl sites for hydroxylation is 1. The average Bonchev–Trinajstić information content (AvgIpc) is 3.08. The topological polar surface area (TPSA) is 18.1 Å². The van der Waals surface area contributed by atoms with Gasteiger partial charge in [-0.15, -0.1) is 0 Å². The molecule has 0 aliphatic rings. The van der Waals surface area contributed by atoms with Crippen molar-refractivity contribution in [3.8, 4) is 0 Å². The van der Waals surface area contributed by atoms with Crippen molar-refractivity contribution in [3.05, 3.63) is 60.2 Å². The molecule has 2 nitrogen and oxygen atoms in total. The van der Waals surface area contributed by atoms with Crippen LogP contribution in [-0.2, 0) is 12.5 Å². The molecule has 0 unspecified atom stereocenters. The molecule has 0 saturated carbocycles. The van der Waals surface area contributed by atoms with Gasteiger partial charge in [-0.3, -0.25) is 0 Å². The molecule has 0 saturated heterocycles. The second-order valence-electron chi connectivity index (χ2n) is 8.00. The third kappa shape index (κ3) is 1.97. The summed E-state index contributed by atoms with van der Waals surface area (Å²) in [5.41, 5.74) is 5.82. The summed E-state index contributed by atoms with van der Waals surface area (Å²) in [6, 6.07) is 19.7. The molecule has 0 aliphatic carbocycles. The Morgan fingerprint density at radius 3 is 2.28 bits per heavy atom. The molecule has 2 heteroatoms. The van der Waals surface area contributed by atoms with Crippen LogP contribution in [0.1, 0.15) is 26.3 Å². The fourth-order valence-electron chi connectivity index (χ4n) is 3.90. The highest BCUT2D eigenvalue weighted by molar-refractivity contribution is 6.16. The average molecular weight is 327 g/mol. The minimum Gasteiger partial charge on any atom is -0.456 e. The molecule has 25 heavy (non-hydrogen) atoms. The summed E-state index contributed by atoms with van der Waals surface area (Å²) in [5, 5.41) is 4.97. The predicted octanol–water partition coefficient (Wildman–Crippen LogP) is 6.53. The highest BCUT2D eigenvalue weighted by Gasteiger charge is 2.17. The maximum atomic E-state index is 6.23. The van der Waals surface area contributed by atoms with Crippen LogP contribution in [0.3, 0.4) is 0 Å². The minimum atomic E-state index is 0.119. The van der Waals surface area contributed by atoms with Crippen molar-refractivity contribution in [3.63, 3.8) is 0 Å². The first-order valence-corrected chi connectivity index (χ1v) is 8.77. The molecule has 124 valence electrons. The Morgan fingerprint density at radius 2 is 1.48 bits per heavy atom. The first kappa shape index (κ1) is 14.6. The van der Waals surface area contributed by atoms with E-state index in [1.165, 1.54) is 38.1 Å². The Balaban J connectivity index is 1.90. The smallest absolute Gasteiger partial charge is 0.137 e. The molecule has 2 heterocycles. The van der Waals surface area contributed by atoms with Crippen molar-refractivity contribution in [1.82, 2.24) is 4.57 Å². The van der Waals surface area contributed by atoms with E-state index < -0.39 is 0 Å². The van der Waals surface area contributed by atoms with Crippen LogP contribution in [0.4, 0.5) is 0 Å². The van der Waals surface area contributed by atoms with Crippen LogP contribution in [0.15, 0.2) is 59.0 Å². The highest BCUT2D eigenvalue weighted by Crippen LogP contribution is 2.37. The van der Waals surface area contributed by atoms with Gasteiger partial charge in [0.2, 0.25) is 0 Å². The number of benzene rings is 3. The zero-order chi connectivity index (χ0) is 17.3. The standard InChI is InChI=1S/C23H21NO/c1-23(2,3)14-9-10-16-18-12-17-15-7-5-6-8-19(15)24(4)20(17)13-22(18)25-21(16)11-14/h5-13H,1-4H3. The summed E-state index contributed by atoms with van der Waals surface area (Å²) in [6.45, 7) is 6.70. The van der Waals surface area contributed by atoms with E-state index in [0.717, 1.165) is 11.2 Å². The maximum Gasteiger partial charge on any atom is 0.137 e. The Labute approximate surface area is 146 Å². The van der Waals surface area contributed by atoms with E-state index in [1.807, 2.05) is 0 Å². The normalized spacial score (nSPS) is 12.8. The van der Waals surface area contributed by atoms with Gasteiger partial charge in [-0.25, -0.2) is 0 Å². The largest absolute Gasteiger partial charge is 0.456 e. The molecule has 5 aromatic rings. The van der Waals surface area contributed by atoms with E-state index >= 15 is 0 Å². The number of nitrogens with zero attached hydrogens (tertiary/aromatic N) is 1.